The quantitative estimate of drug-likeness (QED) is 0.719. The topological polar surface area (TPSA) is 64.9 Å². The van der Waals surface area contributed by atoms with Crippen LogP contribution in [0.25, 0.3) is 11.4 Å². The molecule has 0 aliphatic rings. The molecule has 0 radical (unpaired) electrons. The lowest BCUT2D eigenvalue weighted by Gasteiger charge is -1.91. The number of hydrogen-bond acceptors (Lipinski definition) is 4. The molecule has 0 saturated carbocycles. The average molecular weight is 179 g/mol. The third-order valence-corrected chi connectivity index (χ3v) is 1.52. The number of halogens is 1. The lowest BCUT2D eigenvalue weighted by atomic mass is 10.3. The largest absolute Gasteiger partial charge is 0.368 e. The van der Waals surface area contributed by atoms with E-state index < -0.39 is 0 Å². The zero-order valence-corrected chi connectivity index (χ0v) is 6.57. The van der Waals surface area contributed by atoms with Crippen molar-refractivity contribution in [3.8, 4) is 11.4 Å². The summed E-state index contributed by atoms with van der Waals surface area (Å²) >= 11 is 0. The van der Waals surface area contributed by atoms with E-state index in [2.05, 4.69) is 14.7 Å². The third-order valence-electron chi connectivity index (χ3n) is 1.52. The van der Waals surface area contributed by atoms with Gasteiger partial charge in [-0.05, 0) is 12.1 Å². The minimum atomic E-state index is -0.389. The number of rotatable bonds is 1. The van der Waals surface area contributed by atoms with Crippen LogP contribution in [-0.4, -0.2) is 10.1 Å². The molecule has 0 aliphatic heterocycles. The van der Waals surface area contributed by atoms with Crippen molar-refractivity contribution in [1.29, 1.82) is 0 Å². The highest BCUT2D eigenvalue weighted by Crippen LogP contribution is 2.17. The molecule has 5 heteroatoms. The first kappa shape index (κ1) is 7.72. The zero-order valence-electron chi connectivity index (χ0n) is 6.57. The fourth-order valence-electron chi connectivity index (χ4n) is 0.937. The molecule has 0 spiro atoms. The van der Waals surface area contributed by atoms with Gasteiger partial charge in [0.25, 0.3) is 0 Å². The van der Waals surface area contributed by atoms with Gasteiger partial charge in [-0.15, -0.1) is 0 Å². The van der Waals surface area contributed by atoms with E-state index >= 15 is 0 Å². The molecule has 2 N–H and O–H groups in total. The van der Waals surface area contributed by atoms with Crippen molar-refractivity contribution in [2.24, 2.45) is 0 Å². The Morgan fingerprint density at radius 2 is 2.15 bits per heavy atom. The molecule has 13 heavy (non-hydrogen) atoms. The Morgan fingerprint density at radius 1 is 1.31 bits per heavy atom. The number of pyridine rings is 1. The standard InChI is InChI=1S/C8H6FN3O/c9-5-1-2-6(11-4-5)7-3-8(10)13-12-7/h1-4H,10H2. The van der Waals surface area contributed by atoms with Crippen molar-refractivity contribution in [3.05, 3.63) is 30.2 Å². The molecule has 2 heterocycles. The smallest absolute Gasteiger partial charge is 0.222 e. The summed E-state index contributed by atoms with van der Waals surface area (Å²) in [6.45, 7) is 0. The van der Waals surface area contributed by atoms with Gasteiger partial charge in [-0.3, -0.25) is 4.98 Å². The van der Waals surface area contributed by atoms with E-state index in [0.29, 0.717) is 11.4 Å². The maximum absolute atomic E-state index is 12.5. The molecule has 0 unspecified atom stereocenters. The minimum Gasteiger partial charge on any atom is -0.368 e. The second-order valence-corrected chi connectivity index (χ2v) is 2.48. The maximum atomic E-state index is 12.5. The maximum Gasteiger partial charge on any atom is 0.222 e. The minimum absolute atomic E-state index is 0.209. The summed E-state index contributed by atoms with van der Waals surface area (Å²) in [4.78, 5) is 3.81. The van der Waals surface area contributed by atoms with Gasteiger partial charge in [0.05, 0.1) is 11.9 Å². The van der Waals surface area contributed by atoms with Crippen LogP contribution in [0.3, 0.4) is 0 Å². The van der Waals surface area contributed by atoms with Crippen LogP contribution in [0.15, 0.2) is 28.9 Å². The van der Waals surface area contributed by atoms with Gasteiger partial charge in [-0.2, -0.15) is 0 Å². The van der Waals surface area contributed by atoms with Gasteiger partial charge in [0.1, 0.15) is 11.5 Å². The van der Waals surface area contributed by atoms with Crippen molar-refractivity contribution in [3.63, 3.8) is 0 Å². The summed E-state index contributed by atoms with van der Waals surface area (Å²) in [5, 5.41) is 3.63. The summed E-state index contributed by atoms with van der Waals surface area (Å²) in [5.74, 6) is -0.179. The van der Waals surface area contributed by atoms with Crippen LogP contribution in [0.1, 0.15) is 0 Å². The number of nitrogens with two attached hydrogens (primary N) is 1. The second kappa shape index (κ2) is 2.85. The average Bonchev–Trinajstić information content (AvgIpc) is 2.53. The normalized spacial score (nSPS) is 10.2. The summed E-state index contributed by atoms with van der Waals surface area (Å²) < 4.78 is 17.1. The molecule has 66 valence electrons. The van der Waals surface area contributed by atoms with Crippen LogP contribution in [0.5, 0.6) is 0 Å². The van der Waals surface area contributed by atoms with Crippen LogP contribution in [0.2, 0.25) is 0 Å². The Bertz CT molecular complexity index is 410. The van der Waals surface area contributed by atoms with Gasteiger partial charge < -0.3 is 10.3 Å². The predicted molar refractivity (Wildman–Crippen MR) is 44.1 cm³/mol. The molecule has 2 aromatic rings. The molecule has 0 bridgehead atoms. The van der Waals surface area contributed by atoms with Crippen LogP contribution < -0.4 is 5.73 Å². The summed E-state index contributed by atoms with van der Waals surface area (Å²) in [7, 11) is 0. The van der Waals surface area contributed by atoms with Crippen molar-refractivity contribution in [2.45, 2.75) is 0 Å². The van der Waals surface area contributed by atoms with Gasteiger partial charge in [0, 0.05) is 6.07 Å². The molecule has 0 aromatic carbocycles. The zero-order chi connectivity index (χ0) is 9.26. The molecule has 0 amide bonds. The highest BCUT2D eigenvalue weighted by molar-refractivity contribution is 5.56. The number of hydrogen-bond donors (Lipinski definition) is 1. The summed E-state index contributed by atoms with van der Waals surface area (Å²) in [5.41, 5.74) is 6.34. The van der Waals surface area contributed by atoms with E-state index in [-0.39, 0.29) is 11.7 Å². The van der Waals surface area contributed by atoms with E-state index in [4.69, 9.17) is 5.73 Å². The van der Waals surface area contributed by atoms with Crippen molar-refractivity contribution in [2.75, 3.05) is 5.73 Å². The van der Waals surface area contributed by atoms with Crippen LogP contribution in [0.4, 0.5) is 10.3 Å². The molecule has 0 saturated heterocycles. The molecule has 2 aromatic heterocycles. The number of aromatic nitrogens is 2. The third kappa shape index (κ3) is 1.48. The highest BCUT2D eigenvalue weighted by atomic mass is 19.1. The Hall–Kier alpha value is -1.91. The number of nitrogen functional groups attached to an aromatic ring is 1. The van der Waals surface area contributed by atoms with Gasteiger partial charge in [0.2, 0.25) is 5.88 Å². The van der Waals surface area contributed by atoms with Crippen molar-refractivity contribution >= 4 is 5.88 Å². The van der Waals surface area contributed by atoms with Crippen LogP contribution in [0, 0.1) is 5.82 Å². The van der Waals surface area contributed by atoms with Gasteiger partial charge in [-0.25, -0.2) is 4.39 Å². The van der Waals surface area contributed by atoms with Crippen LogP contribution >= 0.6 is 0 Å². The van der Waals surface area contributed by atoms with E-state index in [1.54, 1.807) is 0 Å². The van der Waals surface area contributed by atoms with E-state index in [9.17, 15) is 4.39 Å². The summed E-state index contributed by atoms with van der Waals surface area (Å²) in [6.07, 6.45) is 1.11. The fourth-order valence-corrected chi connectivity index (χ4v) is 0.937. The van der Waals surface area contributed by atoms with E-state index in [1.807, 2.05) is 0 Å². The second-order valence-electron chi connectivity index (χ2n) is 2.48. The highest BCUT2D eigenvalue weighted by Gasteiger charge is 2.04. The number of anilines is 1. The van der Waals surface area contributed by atoms with Gasteiger partial charge >= 0.3 is 0 Å². The van der Waals surface area contributed by atoms with Crippen molar-refractivity contribution in [1.82, 2.24) is 10.1 Å². The summed E-state index contributed by atoms with van der Waals surface area (Å²) in [6, 6.07) is 4.33. The molecule has 2 rings (SSSR count). The number of nitrogens with zero attached hydrogens (tertiary/aromatic N) is 2. The SMILES string of the molecule is Nc1cc(-c2ccc(F)cn2)no1. The molecular weight excluding hydrogens is 173 g/mol. The Balaban J connectivity index is 2.41. The first-order valence-corrected chi connectivity index (χ1v) is 3.60. The lowest BCUT2D eigenvalue weighted by molar-refractivity contribution is 0.439. The van der Waals surface area contributed by atoms with E-state index in [0.717, 1.165) is 6.20 Å². The molecular formula is C8H6FN3O. The Morgan fingerprint density at radius 3 is 2.69 bits per heavy atom. The van der Waals surface area contributed by atoms with Crippen molar-refractivity contribution < 1.29 is 8.91 Å². The Kier molecular flexibility index (Phi) is 1.70. The van der Waals surface area contributed by atoms with Gasteiger partial charge in [0.15, 0.2) is 0 Å². The first-order valence-electron chi connectivity index (χ1n) is 3.60. The van der Waals surface area contributed by atoms with Crippen LogP contribution in [-0.2, 0) is 0 Å². The molecule has 0 aliphatic carbocycles. The predicted octanol–water partition coefficient (Wildman–Crippen LogP) is 1.46. The first-order chi connectivity index (χ1) is 6.25. The monoisotopic (exact) mass is 179 g/mol. The molecule has 4 nitrogen and oxygen atoms in total. The fraction of sp³-hybridized carbons (Fsp3) is 0. The Labute approximate surface area is 73.2 Å². The van der Waals surface area contributed by atoms with Gasteiger partial charge in [-0.1, -0.05) is 5.16 Å². The molecule has 0 atom stereocenters. The molecule has 0 fully saturated rings. The van der Waals surface area contributed by atoms with E-state index in [1.165, 1.54) is 18.2 Å². The lowest BCUT2D eigenvalue weighted by Crippen LogP contribution is -1.83.